The van der Waals surface area contributed by atoms with Crippen molar-refractivity contribution in [2.24, 2.45) is 7.05 Å². The molecule has 0 spiro atoms. The van der Waals surface area contributed by atoms with Crippen molar-refractivity contribution in [3.63, 3.8) is 0 Å². The van der Waals surface area contributed by atoms with Gasteiger partial charge < -0.3 is 15.3 Å². The summed E-state index contributed by atoms with van der Waals surface area (Å²) >= 11 is 0. The van der Waals surface area contributed by atoms with Gasteiger partial charge in [0.1, 0.15) is 0 Å². The van der Waals surface area contributed by atoms with Crippen molar-refractivity contribution in [1.82, 2.24) is 20.0 Å². The van der Waals surface area contributed by atoms with E-state index in [0.717, 1.165) is 0 Å². The largest absolute Gasteiger partial charge is 0.479 e. The summed E-state index contributed by atoms with van der Waals surface area (Å²) in [5, 5.41) is 24.1. The Bertz CT molecular complexity index is 533. The van der Waals surface area contributed by atoms with Crippen molar-refractivity contribution >= 4 is 12.0 Å². The van der Waals surface area contributed by atoms with Crippen molar-refractivity contribution in [3.05, 3.63) is 18.0 Å². The van der Waals surface area contributed by atoms with Crippen molar-refractivity contribution in [3.8, 4) is 6.07 Å². The van der Waals surface area contributed by atoms with Crippen molar-refractivity contribution in [2.45, 2.75) is 25.4 Å². The number of amides is 2. The molecular weight excluding hydrogens is 262 g/mol. The normalized spacial score (nSPS) is 13.1. The van der Waals surface area contributed by atoms with Crippen LogP contribution in [0.3, 0.4) is 0 Å². The highest BCUT2D eigenvalue weighted by molar-refractivity contribution is 5.83. The Kier molecular flexibility index (Phi) is 5.08. The summed E-state index contributed by atoms with van der Waals surface area (Å²) in [6, 6.07) is -0.0645. The predicted molar refractivity (Wildman–Crippen MR) is 69.6 cm³/mol. The van der Waals surface area contributed by atoms with Crippen LogP contribution in [-0.4, -0.2) is 44.9 Å². The molecule has 2 N–H and O–H groups in total. The maximum absolute atomic E-state index is 12.0. The molecular formula is C12H17N5O3. The van der Waals surface area contributed by atoms with Gasteiger partial charge in [-0.3, -0.25) is 4.68 Å². The molecule has 0 aliphatic carbocycles. The minimum Gasteiger partial charge on any atom is -0.479 e. The van der Waals surface area contributed by atoms with Crippen LogP contribution in [0, 0.1) is 11.3 Å². The fourth-order valence-electron chi connectivity index (χ4n) is 1.57. The maximum Gasteiger partial charge on any atom is 0.331 e. The molecule has 1 rings (SSSR count). The quantitative estimate of drug-likeness (QED) is 0.814. The number of hydrogen-bond donors (Lipinski definition) is 2. The first-order valence-electron chi connectivity index (χ1n) is 5.98. The Balaban J connectivity index is 2.79. The topological polar surface area (TPSA) is 111 Å². The Morgan fingerprint density at radius 3 is 2.75 bits per heavy atom. The number of carbonyl (C=O) groups excluding carboxylic acids is 1. The van der Waals surface area contributed by atoms with Gasteiger partial charge in [-0.2, -0.15) is 10.4 Å². The van der Waals surface area contributed by atoms with Crippen LogP contribution in [0.4, 0.5) is 4.79 Å². The molecule has 0 aliphatic rings. The first-order chi connectivity index (χ1) is 9.36. The summed E-state index contributed by atoms with van der Waals surface area (Å²) in [6.07, 6.45) is 3.09. The Hall–Kier alpha value is -2.56. The molecule has 0 bridgehead atoms. The molecule has 8 nitrogen and oxygen atoms in total. The third kappa shape index (κ3) is 3.71. The molecule has 108 valence electrons. The lowest BCUT2D eigenvalue weighted by Gasteiger charge is -2.25. The predicted octanol–water partition coefficient (Wildman–Crippen LogP) is 0.489. The van der Waals surface area contributed by atoms with Gasteiger partial charge in [0.05, 0.1) is 18.7 Å². The highest BCUT2D eigenvalue weighted by Gasteiger charge is 2.26. The second-order valence-electron chi connectivity index (χ2n) is 4.49. The zero-order valence-electron chi connectivity index (χ0n) is 11.6. The monoisotopic (exact) mass is 279 g/mol. The molecule has 1 heterocycles. The van der Waals surface area contributed by atoms with E-state index >= 15 is 0 Å². The van der Waals surface area contributed by atoms with Gasteiger partial charge in [0.15, 0.2) is 6.04 Å². The molecule has 0 fully saturated rings. The van der Waals surface area contributed by atoms with Crippen LogP contribution < -0.4 is 5.32 Å². The number of rotatable bonds is 5. The maximum atomic E-state index is 12.0. The fourth-order valence-corrected chi connectivity index (χ4v) is 1.57. The van der Waals surface area contributed by atoms with Crippen molar-refractivity contribution in [2.75, 3.05) is 7.05 Å². The van der Waals surface area contributed by atoms with Crippen LogP contribution in [0.25, 0.3) is 0 Å². The third-order valence-electron chi connectivity index (χ3n) is 2.94. The molecule has 1 aromatic heterocycles. The zero-order valence-corrected chi connectivity index (χ0v) is 11.6. The molecule has 2 atom stereocenters. The first kappa shape index (κ1) is 15.5. The van der Waals surface area contributed by atoms with Gasteiger partial charge in [0.2, 0.25) is 0 Å². The number of carboxylic acids is 1. The van der Waals surface area contributed by atoms with E-state index in [2.05, 4.69) is 10.4 Å². The molecule has 0 saturated carbocycles. The van der Waals surface area contributed by atoms with E-state index in [1.165, 1.54) is 29.0 Å². The molecule has 0 aliphatic heterocycles. The number of nitriles is 1. The second kappa shape index (κ2) is 6.56. The number of nitrogens with zero attached hydrogens (tertiary/aromatic N) is 4. The average molecular weight is 279 g/mol. The van der Waals surface area contributed by atoms with Crippen LogP contribution in [0.15, 0.2) is 12.4 Å². The summed E-state index contributed by atoms with van der Waals surface area (Å²) in [7, 11) is 3.17. The van der Waals surface area contributed by atoms with Crippen LogP contribution >= 0.6 is 0 Å². The van der Waals surface area contributed by atoms with E-state index in [4.69, 9.17) is 5.26 Å². The van der Waals surface area contributed by atoms with E-state index in [-0.39, 0.29) is 12.5 Å². The number of aryl methyl sites for hydroxylation is 1. The minimum absolute atomic E-state index is 0.175. The lowest BCUT2D eigenvalue weighted by atomic mass is 10.1. The first-order valence-corrected chi connectivity index (χ1v) is 5.98. The highest BCUT2D eigenvalue weighted by atomic mass is 16.4. The molecule has 2 amide bonds. The summed E-state index contributed by atoms with van der Waals surface area (Å²) in [4.78, 5) is 24.5. The van der Waals surface area contributed by atoms with Crippen LogP contribution in [-0.2, 0) is 11.8 Å². The number of aliphatic carboxylic acids is 1. The van der Waals surface area contributed by atoms with E-state index in [0.29, 0.717) is 5.56 Å². The summed E-state index contributed by atoms with van der Waals surface area (Å²) in [5.74, 6) is -1.17. The minimum atomic E-state index is -1.17. The molecule has 8 heteroatoms. The fraction of sp³-hybridized carbons (Fsp3) is 0.500. The zero-order chi connectivity index (χ0) is 15.3. The van der Waals surface area contributed by atoms with Crippen LogP contribution in [0.5, 0.6) is 0 Å². The molecule has 0 aromatic carbocycles. The smallest absolute Gasteiger partial charge is 0.331 e. The number of urea groups is 1. The van der Waals surface area contributed by atoms with E-state index < -0.39 is 18.0 Å². The molecule has 0 radical (unpaired) electrons. The van der Waals surface area contributed by atoms with Crippen LogP contribution in [0.2, 0.25) is 0 Å². The van der Waals surface area contributed by atoms with Gasteiger partial charge >= 0.3 is 12.0 Å². The number of nitrogens with one attached hydrogen (secondary N) is 1. The summed E-state index contributed by atoms with van der Waals surface area (Å²) in [5.41, 5.74) is 0.384. The Morgan fingerprint density at radius 1 is 1.65 bits per heavy atom. The van der Waals surface area contributed by atoms with Crippen molar-refractivity contribution < 1.29 is 14.7 Å². The van der Waals surface area contributed by atoms with Gasteiger partial charge in [-0.05, 0) is 6.92 Å². The summed E-state index contributed by atoms with van der Waals surface area (Å²) < 4.78 is 1.46. The average Bonchev–Trinajstić information content (AvgIpc) is 2.80. The number of aromatic nitrogens is 2. The lowest BCUT2D eigenvalue weighted by molar-refractivity contribution is -0.139. The van der Waals surface area contributed by atoms with Gasteiger partial charge in [-0.1, -0.05) is 0 Å². The number of carbonyl (C=O) groups is 2. The third-order valence-corrected chi connectivity index (χ3v) is 2.94. The second-order valence-corrected chi connectivity index (χ2v) is 4.49. The highest BCUT2D eigenvalue weighted by Crippen LogP contribution is 2.13. The van der Waals surface area contributed by atoms with E-state index in [1.807, 2.05) is 6.07 Å². The molecule has 2 unspecified atom stereocenters. The summed E-state index contributed by atoms with van der Waals surface area (Å²) in [6.45, 7) is 1.71. The van der Waals surface area contributed by atoms with E-state index in [9.17, 15) is 14.7 Å². The number of hydrogen-bond acceptors (Lipinski definition) is 4. The number of carboxylic acid groups (broad SMARTS) is 1. The molecule has 0 saturated heterocycles. The Morgan fingerprint density at radius 2 is 2.30 bits per heavy atom. The van der Waals surface area contributed by atoms with Crippen LogP contribution in [0.1, 0.15) is 24.9 Å². The van der Waals surface area contributed by atoms with Gasteiger partial charge in [-0.15, -0.1) is 0 Å². The SMILES string of the molecule is CC(CC#N)N(C)C(=O)NC(C(=O)O)c1cnn(C)c1. The standard InChI is InChI=1S/C12H17N5O3/c1-8(4-5-13)17(3)12(20)15-10(11(18)19)9-6-14-16(2)7-9/h6-8,10H,4H2,1-3H3,(H,15,20)(H,18,19). The van der Waals surface area contributed by atoms with Crippen molar-refractivity contribution in [1.29, 1.82) is 5.26 Å². The molecule has 1 aromatic rings. The van der Waals surface area contributed by atoms with E-state index in [1.54, 1.807) is 14.0 Å². The van der Waals surface area contributed by atoms with Gasteiger partial charge in [0.25, 0.3) is 0 Å². The van der Waals surface area contributed by atoms with Gasteiger partial charge in [0, 0.05) is 31.9 Å². The van der Waals surface area contributed by atoms with Gasteiger partial charge in [-0.25, -0.2) is 9.59 Å². The molecule has 20 heavy (non-hydrogen) atoms. The lowest BCUT2D eigenvalue weighted by Crippen LogP contribution is -2.45. The Labute approximate surface area is 116 Å².